The van der Waals surface area contributed by atoms with E-state index in [-0.39, 0.29) is 5.78 Å². The molecular formula is C16H16BrNO2. The van der Waals surface area contributed by atoms with Crippen LogP contribution in [-0.2, 0) is 0 Å². The number of ether oxygens (including phenoxy) is 1. The van der Waals surface area contributed by atoms with E-state index in [0.29, 0.717) is 22.6 Å². The van der Waals surface area contributed by atoms with Gasteiger partial charge in [0.15, 0.2) is 5.78 Å². The molecule has 20 heavy (non-hydrogen) atoms. The van der Waals surface area contributed by atoms with Crippen molar-refractivity contribution in [1.29, 1.82) is 0 Å². The van der Waals surface area contributed by atoms with E-state index in [9.17, 15) is 4.79 Å². The fourth-order valence-electron chi connectivity index (χ4n) is 2.03. The summed E-state index contributed by atoms with van der Waals surface area (Å²) in [5, 5.41) is 0. The zero-order valence-corrected chi connectivity index (χ0v) is 13.2. The minimum Gasteiger partial charge on any atom is -0.497 e. The van der Waals surface area contributed by atoms with E-state index in [1.165, 1.54) is 0 Å². The normalized spacial score (nSPS) is 10.4. The van der Waals surface area contributed by atoms with Crippen molar-refractivity contribution < 1.29 is 9.53 Å². The Hall–Kier alpha value is -1.81. The second-order valence-electron chi connectivity index (χ2n) is 4.70. The Kier molecular flexibility index (Phi) is 4.14. The van der Waals surface area contributed by atoms with E-state index in [1.54, 1.807) is 25.3 Å². The number of rotatable bonds is 3. The Morgan fingerprint density at radius 3 is 2.45 bits per heavy atom. The maximum absolute atomic E-state index is 12.7. The smallest absolute Gasteiger partial charge is 0.195 e. The zero-order valence-electron chi connectivity index (χ0n) is 11.7. The summed E-state index contributed by atoms with van der Waals surface area (Å²) in [6.45, 7) is 3.86. The van der Waals surface area contributed by atoms with Crippen LogP contribution in [0.2, 0.25) is 0 Å². The highest BCUT2D eigenvalue weighted by Gasteiger charge is 2.16. The summed E-state index contributed by atoms with van der Waals surface area (Å²) in [5.41, 5.74) is 9.42. The molecule has 0 spiro atoms. The lowest BCUT2D eigenvalue weighted by Crippen LogP contribution is -2.08. The minimum atomic E-state index is -0.0884. The van der Waals surface area contributed by atoms with Crippen LogP contribution >= 0.6 is 15.9 Å². The molecule has 2 rings (SSSR count). The Balaban J connectivity index is 2.54. The number of nitrogen functional groups attached to an aromatic ring is 1. The monoisotopic (exact) mass is 333 g/mol. The number of anilines is 1. The number of benzene rings is 2. The van der Waals surface area contributed by atoms with Crippen LogP contribution in [0.1, 0.15) is 27.0 Å². The molecule has 0 heterocycles. The number of hydrogen-bond donors (Lipinski definition) is 1. The quantitative estimate of drug-likeness (QED) is 0.684. The topological polar surface area (TPSA) is 52.3 Å². The fraction of sp³-hybridized carbons (Fsp3) is 0.188. The van der Waals surface area contributed by atoms with Crippen LogP contribution in [0.4, 0.5) is 5.69 Å². The molecule has 0 saturated heterocycles. The van der Waals surface area contributed by atoms with Gasteiger partial charge in [-0.3, -0.25) is 4.79 Å². The van der Waals surface area contributed by atoms with Crippen molar-refractivity contribution in [3.63, 3.8) is 0 Å². The van der Waals surface area contributed by atoms with Gasteiger partial charge in [0.25, 0.3) is 0 Å². The summed E-state index contributed by atoms with van der Waals surface area (Å²) in [5.74, 6) is 0.531. The van der Waals surface area contributed by atoms with Crippen LogP contribution in [0.25, 0.3) is 0 Å². The molecule has 0 atom stereocenters. The number of halogens is 1. The Morgan fingerprint density at radius 2 is 1.80 bits per heavy atom. The molecule has 0 aliphatic rings. The maximum Gasteiger partial charge on any atom is 0.195 e. The van der Waals surface area contributed by atoms with Crippen molar-refractivity contribution >= 4 is 27.4 Å². The van der Waals surface area contributed by atoms with Gasteiger partial charge in [0.2, 0.25) is 0 Å². The zero-order chi connectivity index (χ0) is 14.9. The SMILES string of the molecule is COc1ccc(N)c(C(=O)c2cc(C)c(Br)cc2C)c1. The average molecular weight is 334 g/mol. The molecule has 0 saturated carbocycles. The second-order valence-corrected chi connectivity index (χ2v) is 5.55. The molecule has 2 aromatic carbocycles. The van der Waals surface area contributed by atoms with Gasteiger partial charge < -0.3 is 10.5 Å². The highest BCUT2D eigenvalue weighted by Crippen LogP contribution is 2.26. The second kappa shape index (κ2) is 5.67. The first-order chi connectivity index (χ1) is 9.43. The van der Waals surface area contributed by atoms with Crippen LogP contribution in [0.3, 0.4) is 0 Å². The molecule has 3 nitrogen and oxygen atoms in total. The van der Waals surface area contributed by atoms with Crippen LogP contribution < -0.4 is 10.5 Å². The van der Waals surface area contributed by atoms with Crippen molar-refractivity contribution in [1.82, 2.24) is 0 Å². The van der Waals surface area contributed by atoms with Crippen LogP contribution in [-0.4, -0.2) is 12.9 Å². The first-order valence-corrected chi connectivity index (χ1v) is 6.98. The molecule has 0 unspecified atom stereocenters. The lowest BCUT2D eigenvalue weighted by Gasteiger charge is -2.11. The van der Waals surface area contributed by atoms with Gasteiger partial charge in [0.1, 0.15) is 5.75 Å². The minimum absolute atomic E-state index is 0.0884. The highest BCUT2D eigenvalue weighted by atomic mass is 79.9. The number of ketones is 1. The highest BCUT2D eigenvalue weighted by molar-refractivity contribution is 9.10. The summed E-state index contributed by atoms with van der Waals surface area (Å²) < 4.78 is 6.14. The lowest BCUT2D eigenvalue weighted by atomic mass is 9.96. The van der Waals surface area contributed by atoms with E-state index in [0.717, 1.165) is 15.6 Å². The largest absolute Gasteiger partial charge is 0.497 e. The standard InChI is InChI=1S/C16H16BrNO2/c1-9-7-14(17)10(2)6-12(9)16(19)13-8-11(20-3)4-5-15(13)18/h4-8H,18H2,1-3H3. The maximum atomic E-state index is 12.7. The van der Waals surface area contributed by atoms with Gasteiger partial charge in [-0.2, -0.15) is 0 Å². The summed E-state index contributed by atoms with van der Waals surface area (Å²) in [6, 6.07) is 8.92. The Bertz CT molecular complexity index is 680. The van der Waals surface area contributed by atoms with Crippen LogP contribution in [0, 0.1) is 13.8 Å². The van der Waals surface area contributed by atoms with Crippen molar-refractivity contribution in [3.05, 3.63) is 57.1 Å². The molecule has 0 fully saturated rings. The first kappa shape index (κ1) is 14.6. The van der Waals surface area contributed by atoms with Gasteiger partial charge in [-0.25, -0.2) is 0 Å². The van der Waals surface area contributed by atoms with E-state index >= 15 is 0 Å². The summed E-state index contributed by atoms with van der Waals surface area (Å²) in [6.07, 6.45) is 0. The summed E-state index contributed by atoms with van der Waals surface area (Å²) >= 11 is 3.47. The third-order valence-electron chi connectivity index (χ3n) is 3.26. The summed E-state index contributed by atoms with van der Waals surface area (Å²) in [4.78, 5) is 12.7. The van der Waals surface area contributed by atoms with Gasteiger partial charge in [0.05, 0.1) is 7.11 Å². The van der Waals surface area contributed by atoms with Crippen molar-refractivity contribution in [2.45, 2.75) is 13.8 Å². The summed E-state index contributed by atoms with van der Waals surface area (Å²) in [7, 11) is 1.56. The van der Waals surface area contributed by atoms with Crippen molar-refractivity contribution in [3.8, 4) is 5.75 Å². The molecule has 2 N–H and O–H groups in total. The fourth-order valence-corrected chi connectivity index (χ4v) is 2.49. The van der Waals surface area contributed by atoms with Crippen LogP contribution in [0.15, 0.2) is 34.8 Å². The Morgan fingerprint density at radius 1 is 1.10 bits per heavy atom. The van der Waals surface area contributed by atoms with E-state index in [1.807, 2.05) is 26.0 Å². The number of carbonyl (C=O) groups is 1. The molecule has 0 radical (unpaired) electrons. The molecule has 0 aromatic heterocycles. The van der Waals surface area contributed by atoms with Crippen molar-refractivity contribution in [2.24, 2.45) is 0 Å². The van der Waals surface area contributed by atoms with Crippen molar-refractivity contribution in [2.75, 3.05) is 12.8 Å². The molecule has 0 aliphatic heterocycles. The number of aryl methyl sites for hydroxylation is 2. The predicted octanol–water partition coefficient (Wildman–Crippen LogP) is 3.89. The predicted molar refractivity (Wildman–Crippen MR) is 84.5 cm³/mol. The molecule has 104 valence electrons. The average Bonchev–Trinajstić information content (AvgIpc) is 2.42. The number of methoxy groups -OCH3 is 1. The van der Waals surface area contributed by atoms with E-state index in [2.05, 4.69) is 15.9 Å². The van der Waals surface area contributed by atoms with Gasteiger partial charge in [-0.05, 0) is 55.3 Å². The van der Waals surface area contributed by atoms with E-state index in [4.69, 9.17) is 10.5 Å². The molecule has 0 aliphatic carbocycles. The third kappa shape index (κ3) is 2.70. The third-order valence-corrected chi connectivity index (χ3v) is 4.11. The molecule has 2 aromatic rings. The van der Waals surface area contributed by atoms with Gasteiger partial charge in [-0.1, -0.05) is 15.9 Å². The van der Waals surface area contributed by atoms with Gasteiger partial charge >= 0.3 is 0 Å². The first-order valence-electron chi connectivity index (χ1n) is 6.19. The van der Waals surface area contributed by atoms with E-state index < -0.39 is 0 Å². The number of nitrogens with two attached hydrogens (primary N) is 1. The Labute approximate surface area is 126 Å². The molecular weight excluding hydrogens is 318 g/mol. The van der Waals surface area contributed by atoms with Gasteiger partial charge in [0, 0.05) is 21.3 Å². The lowest BCUT2D eigenvalue weighted by molar-refractivity contribution is 0.103. The van der Waals surface area contributed by atoms with Crippen LogP contribution in [0.5, 0.6) is 5.75 Å². The van der Waals surface area contributed by atoms with Gasteiger partial charge in [-0.15, -0.1) is 0 Å². The molecule has 4 heteroatoms. The number of carbonyl (C=O) groups excluding carboxylic acids is 1. The number of hydrogen-bond acceptors (Lipinski definition) is 3. The molecule has 0 amide bonds. The molecule has 0 bridgehead atoms.